The number of aliphatic hydroxyl groups excluding tert-OH is 1. The molecule has 0 saturated heterocycles. The van der Waals surface area contributed by atoms with Gasteiger partial charge in [0.2, 0.25) is 0 Å². The van der Waals surface area contributed by atoms with E-state index in [0.29, 0.717) is 23.5 Å². The Labute approximate surface area is 129 Å². The van der Waals surface area contributed by atoms with E-state index in [1.165, 1.54) is 0 Å². The maximum Gasteiger partial charge on any atom is 0.120 e. The van der Waals surface area contributed by atoms with E-state index in [4.69, 9.17) is 14.7 Å². The lowest BCUT2D eigenvalue weighted by molar-refractivity contribution is 0.108. The second-order valence-corrected chi connectivity index (χ2v) is 4.63. The van der Waals surface area contributed by atoms with Gasteiger partial charge in [-0.3, -0.25) is 0 Å². The first-order chi connectivity index (χ1) is 10.7. The molecule has 0 aliphatic carbocycles. The number of hydrogen-bond donors (Lipinski definition) is 1. The standard InChI is InChI=1S/C18H17NO3/c1-2-11-21-16-7-9-17(10-8-16)22-13-18(20)15-5-3-14(12-19)4-6-15/h2-10,18,20H,1,11,13H2. The van der Waals surface area contributed by atoms with E-state index in [-0.39, 0.29) is 6.61 Å². The van der Waals surface area contributed by atoms with Gasteiger partial charge in [0, 0.05) is 0 Å². The lowest BCUT2D eigenvalue weighted by atomic mass is 10.1. The third-order valence-corrected chi connectivity index (χ3v) is 3.02. The van der Waals surface area contributed by atoms with Gasteiger partial charge in [-0.15, -0.1) is 0 Å². The van der Waals surface area contributed by atoms with Crippen molar-refractivity contribution in [1.29, 1.82) is 5.26 Å². The van der Waals surface area contributed by atoms with E-state index in [1.807, 2.05) is 6.07 Å². The van der Waals surface area contributed by atoms with Gasteiger partial charge in [-0.25, -0.2) is 0 Å². The van der Waals surface area contributed by atoms with E-state index >= 15 is 0 Å². The minimum Gasteiger partial charge on any atom is -0.491 e. The van der Waals surface area contributed by atoms with E-state index in [1.54, 1.807) is 54.6 Å². The summed E-state index contributed by atoms with van der Waals surface area (Å²) < 4.78 is 10.9. The van der Waals surface area contributed by atoms with Crippen molar-refractivity contribution < 1.29 is 14.6 Å². The number of benzene rings is 2. The molecular weight excluding hydrogens is 278 g/mol. The van der Waals surface area contributed by atoms with Gasteiger partial charge in [0.05, 0.1) is 11.6 Å². The largest absolute Gasteiger partial charge is 0.491 e. The molecule has 1 atom stereocenters. The van der Waals surface area contributed by atoms with E-state index < -0.39 is 6.10 Å². The monoisotopic (exact) mass is 295 g/mol. The van der Waals surface area contributed by atoms with Gasteiger partial charge in [-0.2, -0.15) is 5.26 Å². The van der Waals surface area contributed by atoms with Crippen LogP contribution in [-0.4, -0.2) is 18.3 Å². The van der Waals surface area contributed by atoms with Gasteiger partial charge >= 0.3 is 0 Å². The molecule has 0 spiro atoms. The first-order valence-corrected chi connectivity index (χ1v) is 6.87. The molecule has 0 radical (unpaired) electrons. The molecule has 0 aromatic heterocycles. The van der Waals surface area contributed by atoms with Crippen molar-refractivity contribution in [3.8, 4) is 17.6 Å². The molecular formula is C18H17NO3. The summed E-state index contributed by atoms with van der Waals surface area (Å²) >= 11 is 0. The average molecular weight is 295 g/mol. The quantitative estimate of drug-likeness (QED) is 0.797. The predicted molar refractivity (Wildman–Crippen MR) is 83.7 cm³/mol. The fourth-order valence-corrected chi connectivity index (χ4v) is 1.84. The Hall–Kier alpha value is -2.77. The first-order valence-electron chi connectivity index (χ1n) is 6.87. The Morgan fingerprint density at radius 1 is 1.05 bits per heavy atom. The third-order valence-electron chi connectivity index (χ3n) is 3.02. The summed E-state index contributed by atoms with van der Waals surface area (Å²) in [5, 5.41) is 18.8. The number of rotatable bonds is 7. The minimum atomic E-state index is -0.746. The van der Waals surface area contributed by atoms with Crippen molar-refractivity contribution >= 4 is 0 Å². The van der Waals surface area contributed by atoms with E-state index in [2.05, 4.69) is 6.58 Å². The smallest absolute Gasteiger partial charge is 0.120 e. The molecule has 2 rings (SSSR count). The Balaban J connectivity index is 1.88. The molecule has 0 heterocycles. The lowest BCUT2D eigenvalue weighted by Crippen LogP contribution is -2.09. The second kappa shape index (κ2) is 7.87. The van der Waals surface area contributed by atoms with Crippen molar-refractivity contribution in [3.05, 3.63) is 72.3 Å². The average Bonchev–Trinajstić information content (AvgIpc) is 2.58. The zero-order valence-electron chi connectivity index (χ0n) is 12.1. The molecule has 2 aromatic rings. The number of hydrogen-bond acceptors (Lipinski definition) is 4. The summed E-state index contributed by atoms with van der Waals surface area (Å²) in [7, 11) is 0. The van der Waals surface area contributed by atoms with Crippen LogP contribution in [0.25, 0.3) is 0 Å². The van der Waals surface area contributed by atoms with Crippen LogP contribution in [0, 0.1) is 11.3 Å². The summed E-state index contributed by atoms with van der Waals surface area (Å²) in [6, 6.07) is 16.0. The van der Waals surface area contributed by atoms with E-state index in [0.717, 1.165) is 5.75 Å². The molecule has 22 heavy (non-hydrogen) atoms. The molecule has 0 aliphatic heterocycles. The van der Waals surface area contributed by atoms with Gasteiger partial charge in [0.1, 0.15) is 30.8 Å². The maximum absolute atomic E-state index is 10.1. The van der Waals surface area contributed by atoms with Gasteiger partial charge in [-0.1, -0.05) is 24.8 Å². The molecule has 1 N–H and O–H groups in total. The van der Waals surface area contributed by atoms with Crippen LogP contribution in [0.3, 0.4) is 0 Å². The van der Waals surface area contributed by atoms with Crippen LogP contribution in [0.15, 0.2) is 61.2 Å². The molecule has 0 aliphatic rings. The molecule has 0 fully saturated rings. The minimum absolute atomic E-state index is 0.138. The predicted octanol–water partition coefficient (Wildman–Crippen LogP) is 3.24. The molecule has 0 amide bonds. The fourth-order valence-electron chi connectivity index (χ4n) is 1.84. The van der Waals surface area contributed by atoms with E-state index in [9.17, 15) is 5.11 Å². The highest BCUT2D eigenvalue weighted by molar-refractivity contribution is 5.33. The molecule has 112 valence electrons. The summed E-state index contributed by atoms with van der Waals surface area (Å²) in [6.07, 6.45) is 0.933. The van der Waals surface area contributed by atoms with Crippen LogP contribution >= 0.6 is 0 Å². The van der Waals surface area contributed by atoms with Gasteiger partial charge in [0.25, 0.3) is 0 Å². The van der Waals surface area contributed by atoms with Gasteiger partial charge in [0.15, 0.2) is 0 Å². The molecule has 0 bridgehead atoms. The van der Waals surface area contributed by atoms with Gasteiger partial charge < -0.3 is 14.6 Å². The van der Waals surface area contributed by atoms with Crippen LogP contribution in [0.5, 0.6) is 11.5 Å². The first kappa shape index (κ1) is 15.6. The summed E-state index contributed by atoms with van der Waals surface area (Å²) in [5.74, 6) is 1.39. The number of aliphatic hydroxyl groups is 1. The topological polar surface area (TPSA) is 62.5 Å². The Kier molecular flexibility index (Phi) is 5.58. The van der Waals surface area contributed by atoms with Crippen LogP contribution in [0.1, 0.15) is 17.2 Å². The van der Waals surface area contributed by atoms with Crippen molar-refractivity contribution in [3.63, 3.8) is 0 Å². The normalized spacial score (nSPS) is 11.3. The molecule has 1 unspecified atom stereocenters. The zero-order chi connectivity index (χ0) is 15.8. The Morgan fingerprint density at radius 3 is 2.18 bits per heavy atom. The zero-order valence-corrected chi connectivity index (χ0v) is 12.1. The summed E-state index contributed by atoms with van der Waals surface area (Å²) in [6.45, 7) is 4.18. The number of nitriles is 1. The van der Waals surface area contributed by atoms with Crippen molar-refractivity contribution in [1.82, 2.24) is 0 Å². The van der Waals surface area contributed by atoms with Crippen molar-refractivity contribution in [2.24, 2.45) is 0 Å². The number of ether oxygens (including phenoxy) is 2. The second-order valence-electron chi connectivity index (χ2n) is 4.63. The Morgan fingerprint density at radius 2 is 1.64 bits per heavy atom. The highest BCUT2D eigenvalue weighted by atomic mass is 16.5. The maximum atomic E-state index is 10.1. The SMILES string of the molecule is C=CCOc1ccc(OCC(O)c2ccc(C#N)cc2)cc1. The number of nitrogens with zero attached hydrogens (tertiary/aromatic N) is 1. The summed E-state index contributed by atoms with van der Waals surface area (Å²) in [5.41, 5.74) is 1.27. The van der Waals surface area contributed by atoms with Crippen LogP contribution in [0.2, 0.25) is 0 Å². The Bertz CT molecular complexity index is 642. The third kappa shape index (κ3) is 4.37. The molecule has 0 saturated carbocycles. The van der Waals surface area contributed by atoms with Crippen LogP contribution in [-0.2, 0) is 0 Å². The fraction of sp³-hybridized carbons (Fsp3) is 0.167. The highest BCUT2D eigenvalue weighted by Crippen LogP contribution is 2.20. The summed E-state index contributed by atoms with van der Waals surface area (Å²) in [4.78, 5) is 0. The highest BCUT2D eigenvalue weighted by Gasteiger charge is 2.08. The lowest BCUT2D eigenvalue weighted by Gasteiger charge is -2.13. The van der Waals surface area contributed by atoms with Crippen molar-refractivity contribution in [2.75, 3.05) is 13.2 Å². The van der Waals surface area contributed by atoms with Crippen molar-refractivity contribution in [2.45, 2.75) is 6.10 Å². The molecule has 2 aromatic carbocycles. The van der Waals surface area contributed by atoms with Gasteiger partial charge in [-0.05, 0) is 42.0 Å². The van der Waals surface area contributed by atoms with Crippen LogP contribution in [0.4, 0.5) is 0 Å². The van der Waals surface area contributed by atoms with Crippen LogP contribution < -0.4 is 9.47 Å². The molecule has 4 nitrogen and oxygen atoms in total. The molecule has 4 heteroatoms.